The van der Waals surface area contributed by atoms with Gasteiger partial charge in [-0.05, 0) is 43.5 Å². The van der Waals surface area contributed by atoms with Gasteiger partial charge in [-0.2, -0.15) is 9.97 Å². The van der Waals surface area contributed by atoms with Crippen molar-refractivity contribution in [3.8, 4) is 0 Å². The Bertz CT molecular complexity index is 1180. The first kappa shape index (κ1) is 20.9. The lowest BCUT2D eigenvalue weighted by molar-refractivity contribution is -0.0207. The molecule has 1 saturated heterocycles. The lowest BCUT2D eigenvalue weighted by Gasteiger charge is -2.15. The third kappa shape index (κ3) is 4.35. The van der Waals surface area contributed by atoms with E-state index in [9.17, 15) is 5.11 Å². The molecule has 11 heteroatoms. The molecule has 1 aliphatic heterocycles. The third-order valence-electron chi connectivity index (χ3n) is 5.11. The summed E-state index contributed by atoms with van der Waals surface area (Å²) >= 11 is 9.63. The summed E-state index contributed by atoms with van der Waals surface area (Å²) in [5.41, 5.74) is 2.30. The second-order valence-corrected chi connectivity index (χ2v) is 10.1. The molecule has 0 saturated carbocycles. The van der Waals surface area contributed by atoms with E-state index in [1.807, 2.05) is 22.8 Å². The molecule has 1 aromatic carbocycles. The number of imidazole rings is 1. The highest BCUT2D eigenvalue weighted by Gasteiger charge is 2.28. The van der Waals surface area contributed by atoms with Gasteiger partial charge in [0.1, 0.15) is 6.23 Å². The lowest BCUT2D eigenvalue weighted by atomic mass is 10.2. The van der Waals surface area contributed by atoms with E-state index in [4.69, 9.17) is 16.3 Å². The van der Waals surface area contributed by atoms with E-state index in [1.54, 1.807) is 29.4 Å². The Hall–Kier alpha value is -1.98. The van der Waals surface area contributed by atoms with Gasteiger partial charge in [-0.25, -0.2) is 9.97 Å². The summed E-state index contributed by atoms with van der Waals surface area (Å²) in [7, 11) is 0. The molecule has 4 heterocycles. The number of fused-ring (bicyclic) bond motifs is 2. The van der Waals surface area contributed by atoms with Crippen LogP contribution in [0.2, 0.25) is 5.28 Å². The highest BCUT2D eigenvalue weighted by atomic mass is 35.5. The summed E-state index contributed by atoms with van der Waals surface area (Å²) in [4.78, 5) is 17.9. The molecule has 2 N–H and O–H groups in total. The first-order valence-corrected chi connectivity index (χ1v) is 12.2. The highest BCUT2D eigenvalue weighted by molar-refractivity contribution is 8.01. The van der Waals surface area contributed by atoms with Crippen LogP contribution in [0.25, 0.3) is 21.4 Å². The van der Waals surface area contributed by atoms with Gasteiger partial charge in [0.05, 0.1) is 29.3 Å². The molecule has 1 aliphatic rings. The normalized spacial score (nSPS) is 20.0. The van der Waals surface area contributed by atoms with Gasteiger partial charge in [-0.15, -0.1) is 11.3 Å². The third-order valence-corrected chi connectivity index (χ3v) is 7.72. The Labute approximate surface area is 192 Å². The zero-order valence-electron chi connectivity index (χ0n) is 16.7. The van der Waals surface area contributed by atoms with Crippen molar-refractivity contribution < 1.29 is 9.84 Å². The van der Waals surface area contributed by atoms with E-state index < -0.39 is 0 Å². The summed E-state index contributed by atoms with van der Waals surface area (Å²) in [6.07, 6.45) is 2.91. The molecule has 0 unspecified atom stereocenters. The van der Waals surface area contributed by atoms with Gasteiger partial charge < -0.3 is 15.2 Å². The summed E-state index contributed by atoms with van der Waals surface area (Å²) in [5.74, 6) is 1.41. The fourth-order valence-electron chi connectivity index (χ4n) is 3.61. The highest BCUT2D eigenvalue weighted by Crippen LogP contribution is 2.33. The van der Waals surface area contributed by atoms with Gasteiger partial charge >= 0.3 is 0 Å². The van der Waals surface area contributed by atoms with Crippen LogP contribution in [0.15, 0.2) is 34.9 Å². The van der Waals surface area contributed by atoms with Crippen LogP contribution in [0.5, 0.6) is 0 Å². The van der Waals surface area contributed by atoms with E-state index in [2.05, 4.69) is 38.2 Å². The maximum absolute atomic E-state index is 9.34. The van der Waals surface area contributed by atoms with Crippen molar-refractivity contribution in [2.24, 2.45) is 0 Å². The van der Waals surface area contributed by atoms with Crippen LogP contribution in [0.4, 0.5) is 5.82 Å². The molecule has 4 aromatic rings. The number of aromatic nitrogens is 5. The number of para-hydroxylation sites is 1. The molecule has 3 aromatic heterocycles. The number of hydrogen-bond donors (Lipinski definition) is 2. The van der Waals surface area contributed by atoms with E-state index in [0.29, 0.717) is 17.0 Å². The fraction of sp³-hybridized carbons (Fsp3) is 0.400. The average molecular weight is 477 g/mol. The van der Waals surface area contributed by atoms with E-state index >= 15 is 0 Å². The minimum absolute atomic E-state index is 0.00944. The van der Waals surface area contributed by atoms with Gasteiger partial charge in [0.15, 0.2) is 21.3 Å². The largest absolute Gasteiger partial charge is 0.394 e. The molecule has 0 radical (unpaired) electrons. The van der Waals surface area contributed by atoms with Gasteiger partial charge in [0.2, 0.25) is 5.28 Å². The minimum Gasteiger partial charge on any atom is -0.394 e. The summed E-state index contributed by atoms with van der Waals surface area (Å²) in [5, 5.41) is 12.9. The van der Waals surface area contributed by atoms with Crippen molar-refractivity contribution in [1.29, 1.82) is 0 Å². The molecule has 0 aliphatic carbocycles. The van der Waals surface area contributed by atoms with Crippen LogP contribution >= 0.6 is 34.7 Å². The first-order chi connectivity index (χ1) is 15.1. The van der Waals surface area contributed by atoms with Crippen LogP contribution in [-0.4, -0.2) is 54.1 Å². The quantitative estimate of drug-likeness (QED) is 0.300. The number of aliphatic hydroxyl groups is 1. The van der Waals surface area contributed by atoms with Crippen LogP contribution in [0.1, 0.15) is 26.0 Å². The van der Waals surface area contributed by atoms with Gasteiger partial charge in [-0.1, -0.05) is 23.9 Å². The van der Waals surface area contributed by atoms with Crippen molar-refractivity contribution >= 4 is 61.9 Å². The standard InChI is InChI=1S/C20H21ClN6O2S2/c1-11(9-30-20-24-13-4-2-3-5-14(13)31-20)23-17-16-18(26-19(21)25-17)27(10-22-16)15-7-6-12(8-28)29-15/h2-5,10-12,15,28H,6-9H2,1H3,(H,23,25,26)/t11-,12+,15-/m1/s1. The number of hydrogen-bond acceptors (Lipinski definition) is 9. The Morgan fingerprint density at radius 1 is 1.32 bits per heavy atom. The van der Waals surface area contributed by atoms with Crippen molar-refractivity contribution in [2.75, 3.05) is 17.7 Å². The Morgan fingerprint density at radius 3 is 3.00 bits per heavy atom. The minimum atomic E-state index is -0.215. The molecule has 162 valence electrons. The summed E-state index contributed by atoms with van der Waals surface area (Å²) < 4.78 is 9.98. The number of nitrogens with zero attached hydrogens (tertiary/aromatic N) is 5. The molecule has 3 atom stereocenters. The predicted molar refractivity (Wildman–Crippen MR) is 124 cm³/mol. The van der Waals surface area contributed by atoms with Crippen molar-refractivity contribution in [1.82, 2.24) is 24.5 Å². The predicted octanol–water partition coefficient (Wildman–Crippen LogP) is 4.35. The molecule has 8 nitrogen and oxygen atoms in total. The monoisotopic (exact) mass is 476 g/mol. The Morgan fingerprint density at radius 2 is 2.19 bits per heavy atom. The van der Waals surface area contributed by atoms with E-state index in [1.165, 1.54) is 4.70 Å². The first-order valence-electron chi connectivity index (χ1n) is 10.0. The number of anilines is 1. The number of benzene rings is 1. The molecule has 0 amide bonds. The molecule has 1 fully saturated rings. The maximum Gasteiger partial charge on any atom is 0.226 e. The molecule has 31 heavy (non-hydrogen) atoms. The second-order valence-electron chi connectivity index (χ2n) is 7.44. The number of halogens is 1. The fourth-order valence-corrected chi connectivity index (χ4v) is 5.82. The summed E-state index contributed by atoms with van der Waals surface area (Å²) in [6, 6.07) is 8.27. The van der Waals surface area contributed by atoms with Gasteiger partial charge in [-0.3, -0.25) is 4.57 Å². The molecule has 5 rings (SSSR count). The van der Waals surface area contributed by atoms with Crippen LogP contribution in [0.3, 0.4) is 0 Å². The second kappa shape index (κ2) is 8.87. The zero-order valence-corrected chi connectivity index (χ0v) is 19.1. The number of ether oxygens (including phenoxy) is 1. The van der Waals surface area contributed by atoms with Crippen molar-refractivity contribution in [3.05, 3.63) is 35.9 Å². The average Bonchev–Trinajstić information content (AvgIpc) is 3.49. The smallest absolute Gasteiger partial charge is 0.226 e. The Balaban J connectivity index is 1.31. The SMILES string of the molecule is C[C@H](CSc1nc2ccccc2s1)Nc1nc(Cl)nc2c1ncn2[C@H]1CC[C@@H](CO)O1. The number of aliphatic hydroxyl groups excluding tert-OH is 1. The molecular weight excluding hydrogens is 456 g/mol. The van der Waals surface area contributed by atoms with Crippen LogP contribution < -0.4 is 5.32 Å². The maximum atomic E-state index is 9.34. The van der Waals surface area contributed by atoms with E-state index in [-0.39, 0.29) is 30.3 Å². The topological polar surface area (TPSA) is 98.0 Å². The van der Waals surface area contributed by atoms with Crippen LogP contribution in [-0.2, 0) is 4.74 Å². The number of rotatable bonds is 7. The molecular formula is C20H21ClN6O2S2. The van der Waals surface area contributed by atoms with Crippen LogP contribution in [0, 0.1) is 0 Å². The number of nitrogens with one attached hydrogen (secondary N) is 1. The Kier molecular flexibility index (Phi) is 5.98. The van der Waals surface area contributed by atoms with E-state index in [0.717, 1.165) is 28.5 Å². The lowest BCUT2D eigenvalue weighted by Crippen LogP contribution is -2.19. The molecule has 0 bridgehead atoms. The van der Waals surface area contributed by atoms with Crippen molar-refractivity contribution in [2.45, 2.75) is 42.5 Å². The van der Waals surface area contributed by atoms with Crippen molar-refractivity contribution in [3.63, 3.8) is 0 Å². The summed E-state index contributed by atoms with van der Waals surface area (Å²) in [6.45, 7) is 2.10. The van der Waals surface area contributed by atoms with Gasteiger partial charge in [0, 0.05) is 11.8 Å². The zero-order chi connectivity index (χ0) is 21.4. The number of thioether (sulfide) groups is 1. The number of thiazole rings is 1. The van der Waals surface area contributed by atoms with Gasteiger partial charge in [0.25, 0.3) is 0 Å². The molecule has 0 spiro atoms.